The minimum absolute atomic E-state index is 0.0999. The number of carboxylic acids is 1. The number of hydrogen-bond donors (Lipinski definition) is 2. The minimum atomic E-state index is -1.05. The van der Waals surface area contributed by atoms with Gasteiger partial charge in [-0.3, -0.25) is 0 Å². The Morgan fingerprint density at radius 2 is 2.00 bits per heavy atom. The van der Waals surface area contributed by atoms with Gasteiger partial charge in [0.25, 0.3) is 0 Å². The molecule has 7 heteroatoms. The number of urea groups is 1. The molecule has 20 heavy (non-hydrogen) atoms. The van der Waals surface area contributed by atoms with E-state index in [1.807, 2.05) is 7.05 Å². The van der Waals surface area contributed by atoms with Crippen LogP contribution in [-0.2, 0) is 4.79 Å². The van der Waals surface area contributed by atoms with Crippen molar-refractivity contribution in [3.05, 3.63) is 0 Å². The lowest BCUT2D eigenvalue weighted by molar-refractivity contribution is -0.141. The second-order valence-electron chi connectivity index (χ2n) is 5.85. The van der Waals surface area contributed by atoms with E-state index in [-0.39, 0.29) is 25.0 Å². The first kappa shape index (κ1) is 15.1. The van der Waals surface area contributed by atoms with Crippen molar-refractivity contribution in [2.75, 3.05) is 33.7 Å². The number of aliphatic hydroxyl groups is 1. The molecule has 0 spiro atoms. The molecule has 7 nitrogen and oxygen atoms in total. The van der Waals surface area contributed by atoms with Crippen LogP contribution >= 0.6 is 0 Å². The Morgan fingerprint density at radius 3 is 2.60 bits per heavy atom. The van der Waals surface area contributed by atoms with Crippen LogP contribution in [0.5, 0.6) is 0 Å². The Balaban J connectivity index is 2.03. The van der Waals surface area contributed by atoms with Gasteiger partial charge < -0.3 is 24.9 Å². The standard InChI is InChI=1S/C13H23N3O4/c1-14-5-3-4-9(7-14)15(2)13(20)16-8-10(17)6-11(16)12(18)19/h9-11,17H,3-8H2,1-2H3,(H,18,19)/t9?,10-,11-/m0/s1. The molecule has 0 radical (unpaired) electrons. The molecule has 2 heterocycles. The number of carbonyl (C=O) groups is 2. The molecule has 0 aliphatic carbocycles. The first-order chi connectivity index (χ1) is 9.40. The lowest BCUT2D eigenvalue weighted by Crippen LogP contribution is -2.53. The van der Waals surface area contributed by atoms with Crippen molar-refractivity contribution in [1.82, 2.24) is 14.7 Å². The molecular weight excluding hydrogens is 262 g/mol. The van der Waals surface area contributed by atoms with E-state index in [1.165, 1.54) is 4.90 Å². The molecule has 0 saturated carbocycles. The predicted molar refractivity (Wildman–Crippen MR) is 72.4 cm³/mol. The molecule has 114 valence electrons. The molecule has 2 aliphatic rings. The Morgan fingerprint density at radius 1 is 1.30 bits per heavy atom. The summed E-state index contributed by atoms with van der Waals surface area (Å²) in [5.74, 6) is -1.05. The first-order valence-corrected chi connectivity index (χ1v) is 7.03. The Bertz CT molecular complexity index is 390. The van der Waals surface area contributed by atoms with Crippen molar-refractivity contribution in [2.45, 2.75) is 37.5 Å². The van der Waals surface area contributed by atoms with Crippen LogP contribution in [0.25, 0.3) is 0 Å². The van der Waals surface area contributed by atoms with Crippen LogP contribution in [0.1, 0.15) is 19.3 Å². The second kappa shape index (κ2) is 5.97. The third-order valence-corrected chi connectivity index (χ3v) is 4.26. The Kier molecular flexibility index (Phi) is 4.49. The summed E-state index contributed by atoms with van der Waals surface area (Å²) < 4.78 is 0. The molecule has 0 bridgehead atoms. The molecule has 0 aromatic heterocycles. The van der Waals surface area contributed by atoms with Gasteiger partial charge in [-0.25, -0.2) is 9.59 Å². The summed E-state index contributed by atoms with van der Waals surface area (Å²) >= 11 is 0. The van der Waals surface area contributed by atoms with Gasteiger partial charge in [0.15, 0.2) is 0 Å². The summed E-state index contributed by atoms with van der Waals surface area (Å²) in [4.78, 5) is 28.7. The van der Waals surface area contributed by atoms with Gasteiger partial charge in [0.2, 0.25) is 0 Å². The normalized spacial score (nSPS) is 31.4. The minimum Gasteiger partial charge on any atom is -0.480 e. The fourth-order valence-corrected chi connectivity index (χ4v) is 3.07. The lowest BCUT2D eigenvalue weighted by atomic mass is 10.1. The number of likely N-dealkylation sites (N-methyl/N-ethyl adjacent to an activating group) is 2. The van der Waals surface area contributed by atoms with Gasteiger partial charge in [0.05, 0.1) is 6.10 Å². The summed E-state index contributed by atoms with van der Waals surface area (Å²) in [5.41, 5.74) is 0. The lowest BCUT2D eigenvalue weighted by Gasteiger charge is -2.38. The fourth-order valence-electron chi connectivity index (χ4n) is 3.07. The van der Waals surface area contributed by atoms with Gasteiger partial charge in [0.1, 0.15) is 6.04 Å². The van der Waals surface area contributed by atoms with Crippen LogP contribution in [0.4, 0.5) is 4.79 Å². The van der Waals surface area contributed by atoms with Crippen LogP contribution < -0.4 is 0 Å². The largest absolute Gasteiger partial charge is 0.480 e. The van der Waals surface area contributed by atoms with Gasteiger partial charge in [-0.1, -0.05) is 0 Å². The van der Waals surface area contributed by atoms with Gasteiger partial charge >= 0.3 is 12.0 Å². The monoisotopic (exact) mass is 285 g/mol. The van der Waals surface area contributed by atoms with Gasteiger partial charge in [-0.2, -0.15) is 0 Å². The number of carbonyl (C=O) groups excluding carboxylic acids is 1. The van der Waals surface area contributed by atoms with E-state index >= 15 is 0 Å². The summed E-state index contributed by atoms with van der Waals surface area (Å²) in [6.07, 6.45) is 1.33. The van der Waals surface area contributed by atoms with E-state index in [0.717, 1.165) is 25.9 Å². The number of aliphatic hydroxyl groups excluding tert-OH is 1. The zero-order valence-corrected chi connectivity index (χ0v) is 12.0. The van der Waals surface area contributed by atoms with Gasteiger partial charge in [-0.05, 0) is 26.4 Å². The molecule has 2 saturated heterocycles. The molecule has 2 rings (SSSR count). The number of nitrogens with zero attached hydrogens (tertiary/aromatic N) is 3. The van der Waals surface area contributed by atoms with Crippen LogP contribution in [0, 0.1) is 0 Å². The summed E-state index contributed by atoms with van der Waals surface area (Å²) in [7, 11) is 3.74. The second-order valence-corrected chi connectivity index (χ2v) is 5.85. The van der Waals surface area contributed by atoms with E-state index in [0.29, 0.717) is 0 Å². The highest BCUT2D eigenvalue weighted by molar-refractivity contribution is 5.83. The summed E-state index contributed by atoms with van der Waals surface area (Å²) in [5, 5.41) is 18.8. The molecule has 2 aliphatic heterocycles. The van der Waals surface area contributed by atoms with Crippen molar-refractivity contribution in [1.29, 1.82) is 0 Å². The maximum atomic E-state index is 12.5. The third kappa shape index (κ3) is 3.04. The average Bonchev–Trinajstić information content (AvgIpc) is 2.79. The molecule has 1 unspecified atom stereocenters. The zero-order valence-electron chi connectivity index (χ0n) is 12.0. The SMILES string of the molecule is CN1CCCC(N(C)C(=O)N2C[C@@H](O)C[C@H]2C(=O)O)C1. The summed E-state index contributed by atoms with van der Waals surface area (Å²) in [6.45, 7) is 1.93. The van der Waals surface area contributed by atoms with Gasteiger partial charge in [0, 0.05) is 32.6 Å². The average molecular weight is 285 g/mol. The quantitative estimate of drug-likeness (QED) is 0.724. The number of carboxylic acid groups (broad SMARTS) is 1. The van der Waals surface area contributed by atoms with Crippen LogP contribution in [0.3, 0.4) is 0 Å². The summed E-state index contributed by atoms with van der Waals surface area (Å²) in [6, 6.07) is -1.11. The number of amides is 2. The molecule has 0 aromatic carbocycles. The Labute approximate surface area is 118 Å². The van der Waals surface area contributed by atoms with E-state index in [1.54, 1.807) is 11.9 Å². The number of hydrogen-bond acceptors (Lipinski definition) is 4. The van der Waals surface area contributed by atoms with Crippen LogP contribution in [-0.4, -0.2) is 88.8 Å². The van der Waals surface area contributed by atoms with Crippen LogP contribution in [0.2, 0.25) is 0 Å². The van der Waals surface area contributed by atoms with Crippen molar-refractivity contribution in [2.24, 2.45) is 0 Å². The third-order valence-electron chi connectivity index (χ3n) is 4.26. The van der Waals surface area contributed by atoms with E-state index in [4.69, 9.17) is 5.11 Å². The maximum Gasteiger partial charge on any atom is 0.326 e. The highest BCUT2D eigenvalue weighted by Crippen LogP contribution is 2.22. The number of aliphatic carboxylic acids is 1. The van der Waals surface area contributed by atoms with Crippen molar-refractivity contribution in [3.63, 3.8) is 0 Å². The fraction of sp³-hybridized carbons (Fsp3) is 0.846. The predicted octanol–water partition coefficient (Wildman–Crippen LogP) is -0.348. The molecule has 2 fully saturated rings. The zero-order chi connectivity index (χ0) is 14.9. The van der Waals surface area contributed by atoms with Crippen molar-refractivity contribution in [3.8, 4) is 0 Å². The molecule has 2 amide bonds. The molecule has 3 atom stereocenters. The highest BCUT2D eigenvalue weighted by Gasteiger charge is 2.41. The molecule has 0 aromatic rings. The number of piperidine rings is 1. The maximum absolute atomic E-state index is 12.5. The smallest absolute Gasteiger partial charge is 0.326 e. The molecular formula is C13H23N3O4. The van der Waals surface area contributed by atoms with Gasteiger partial charge in [-0.15, -0.1) is 0 Å². The topological polar surface area (TPSA) is 84.3 Å². The number of β-amino-alcohol motifs (C(OH)–C–C–N with tert-alkyl or cyclic N) is 1. The first-order valence-electron chi connectivity index (χ1n) is 7.03. The van der Waals surface area contributed by atoms with Crippen molar-refractivity contribution < 1.29 is 19.8 Å². The molecule has 2 N–H and O–H groups in total. The van der Waals surface area contributed by atoms with Crippen molar-refractivity contribution >= 4 is 12.0 Å². The highest BCUT2D eigenvalue weighted by atomic mass is 16.4. The number of likely N-dealkylation sites (tertiary alicyclic amines) is 2. The Hall–Kier alpha value is -1.34. The van der Waals surface area contributed by atoms with E-state index < -0.39 is 18.1 Å². The van der Waals surface area contributed by atoms with E-state index in [9.17, 15) is 14.7 Å². The van der Waals surface area contributed by atoms with Crippen LogP contribution in [0.15, 0.2) is 0 Å². The van der Waals surface area contributed by atoms with E-state index in [2.05, 4.69) is 4.90 Å². The number of rotatable bonds is 2.